The molecule has 0 atom stereocenters. The van der Waals surface area contributed by atoms with Crippen LogP contribution in [0.4, 0.5) is 0 Å². The van der Waals surface area contributed by atoms with Gasteiger partial charge in [-0.25, -0.2) is 0 Å². The van der Waals surface area contributed by atoms with Crippen molar-refractivity contribution in [3.63, 3.8) is 0 Å². The van der Waals surface area contributed by atoms with Crippen molar-refractivity contribution in [1.29, 1.82) is 0 Å². The average Bonchev–Trinajstić information content (AvgIpc) is 2.49. The highest BCUT2D eigenvalue weighted by Gasteiger charge is 2.07. The van der Waals surface area contributed by atoms with Crippen LogP contribution in [-0.2, 0) is 16.0 Å². The lowest BCUT2D eigenvalue weighted by Gasteiger charge is -2.04. The van der Waals surface area contributed by atoms with Gasteiger partial charge in [0.1, 0.15) is 12.3 Å². The van der Waals surface area contributed by atoms with E-state index in [1.165, 1.54) is 11.6 Å². The summed E-state index contributed by atoms with van der Waals surface area (Å²) in [5.41, 5.74) is 1.79. The summed E-state index contributed by atoms with van der Waals surface area (Å²) in [4.78, 5) is 21.3. The van der Waals surface area contributed by atoms with E-state index in [4.69, 9.17) is 5.11 Å². The van der Waals surface area contributed by atoms with Crippen LogP contribution < -0.4 is 5.32 Å². The molecule has 2 aromatic rings. The van der Waals surface area contributed by atoms with Gasteiger partial charge in [-0.1, -0.05) is 54.1 Å². The molecule has 5 nitrogen and oxygen atoms in total. The molecular weight excluding hydrogens is 282 g/mol. The van der Waals surface area contributed by atoms with Crippen LogP contribution in [0.2, 0.25) is 0 Å². The fraction of sp³-hybridized carbons (Fsp3) is 0.176. The van der Waals surface area contributed by atoms with Crippen molar-refractivity contribution in [3.8, 4) is 5.75 Å². The lowest BCUT2D eigenvalue weighted by atomic mass is 10.1. The van der Waals surface area contributed by atoms with Crippen LogP contribution in [0.15, 0.2) is 54.6 Å². The zero-order valence-corrected chi connectivity index (χ0v) is 12.3. The molecule has 116 valence electrons. The van der Waals surface area contributed by atoms with Crippen molar-refractivity contribution in [2.45, 2.75) is 13.3 Å². The number of hydrogen-bond donors (Lipinski definition) is 3. The smallest absolute Gasteiger partial charge is 0.322 e. The first-order valence-electron chi connectivity index (χ1n) is 6.76. The van der Waals surface area contributed by atoms with E-state index in [0.717, 1.165) is 0 Å². The first-order valence-corrected chi connectivity index (χ1v) is 6.76. The third-order valence-electron chi connectivity index (χ3n) is 2.72. The normalized spacial score (nSPS) is 9.32. The van der Waals surface area contributed by atoms with Crippen LogP contribution in [0.25, 0.3) is 0 Å². The maximum atomic E-state index is 11.2. The van der Waals surface area contributed by atoms with Gasteiger partial charge in [0.2, 0.25) is 5.91 Å². The Morgan fingerprint density at radius 3 is 2.09 bits per heavy atom. The zero-order valence-electron chi connectivity index (χ0n) is 12.3. The van der Waals surface area contributed by atoms with Gasteiger partial charge in [-0.05, 0) is 13.0 Å². The first-order chi connectivity index (χ1) is 10.5. The number of hydrogen-bond acceptors (Lipinski definition) is 3. The van der Waals surface area contributed by atoms with Crippen LogP contribution in [0.5, 0.6) is 5.75 Å². The van der Waals surface area contributed by atoms with E-state index in [9.17, 15) is 14.7 Å². The Kier molecular flexibility index (Phi) is 7.19. The number of aliphatic carboxylic acids is 1. The van der Waals surface area contributed by atoms with Crippen molar-refractivity contribution < 1.29 is 19.8 Å². The molecule has 5 heteroatoms. The molecule has 2 aromatic carbocycles. The molecule has 0 aliphatic carbocycles. The summed E-state index contributed by atoms with van der Waals surface area (Å²) in [7, 11) is 0. The molecule has 0 spiro atoms. The summed E-state index contributed by atoms with van der Waals surface area (Å²) in [5, 5.41) is 19.9. The molecule has 0 unspecified atom stereocenters. The summed E-state index contributed by atoms with van der Waals surface area (Å²) in [6.45, 7) is 1.67. The van der Waals surface area contributed by atoms with Gasteiger partial charge in [0.05, 0.1) is 6.42 Å². The van der Waals surface area contributed by atoms with Gasteiger partial charge in [0.15, 0.2) is 0 Å². The number of benzene rings is 2. The van der Waals surface area contributed by atoms with Crippen molar-refractivity contribution in [1.82, 2.24) is 5.32 Å². The molecule has 3 N–H and O–H groups in total. The number of phenols is 1. The fourth-order valence-electron chi connectivity index (χ4n) is 1.60. The molecule has 22 heavy (non-hydrogen) atoms. The van der Waals surface area contributed by atoms with Gasteiger partial charge in [0.25, 0.3) is 0 Å². The number of amides is 1. The molecule has 2 rings (SSSR count). The molecule has 0 radical (unpaired) electrons. The predicted molar refractivity (Wildman–Crippen MR) is 83.6 cm³/mol. The van der Waals surface area contributed by atoms with Gasteiger partial charge in [0, 0.05) is 5.56 Å². The summed E-state index contributed by atoms with van der Waals surface area (Å²) < 4.78 is 0. The van der Waals surface area contributed by atoms with Crippen molar-refractivity contribution >= 4 is 11.9 Å². The van der Waals surface area contributed by atoms with Gasteiger partial charge in [-0.15, -0.1) is 0 Å². The third kappa shape index (κ3) is 7.09. The van der Waals surface area contributed by atoms with Gasteiger partial charge in [-0.3, -0.25) is 9.59 Å². The highest BCUT2D eigenvalue weighted by atomic mass is 16.4. The second kappa shape index (κ2) is 9.18. The van der Waals surface area contributed by atoms with Crippen molar-refractivity contribution in [3.05, 3.63) is 65.7 Å². The summed E-state index contributed by atoms with van der Waals surface area (Å²) in [6, 6.07) is 16.7. The van der Waals surface area contributed by atoms with E-state index < -0.39 is 18.4 Å². The monoisotopic (exact) mass is 301 g/mol. The van der Waals surface area contributed by atoms with Crippen LogP contribution in [0.1, 0.15) is 11.1 Å². The number of nitrogens with one attached hydrogen (secondary N) is 1. The Bertz CT molecular complexity index is 611. The highest BCUT2D eigenvalue weighted by molar-refractivity contribution is 5.83. The molecule has 0 aliphatic rings. The molecule has 0 bridgehead atoms. The predicted octanol–water partition coefficient (Wildman–Crippen LogP) is 2.13. The Labute approximate surface area is 129 Å². The Balaban J connectivity index is 0.000000287. The number of para-hydroxylation sites is 1. The quantitative estimate of drug-likeness (QED) is 0.807. The maximum Gasteiger partial charge on any atom is 0.322 e. The van der Waals surface area contributed by atoms with E-state index in [0.29, 0.717) is 5.56 Å². The van der Waals surface area contributed by atoms with Crippen LogP contribution in [-0.4, -0.2) is 28.6 Å². The number of carboxylic acid groups (broad SMARTS) is 1. The second-order valence-corrected chi connectivity index (χ2v) is 4.63. The lowest BCUT2D eigenvalue weighted by Crippen LogP contribution is -2.30. The number of carbonyl (C=O) groups excluding carboxylic acids is 1. The molecule has 0 fully saturated rings. The molecule has 0 saturated heterocycles. The zero-order chi connectivity index (χ0) is 16.4. The largest absolute Gasteiger partial charge is 0.508 e. The van der Waals surface area contributed by atoms with E-state index in [1.807, 2.05) is 18.2 Å². The van der Waals surface area contributed by atoms with E-state index >= 15 is 0 Å². The minimum atomic E-state index is -1.10. The third-order valence-corrected chi connectivity index (χ3v) is 2.72. The molecule has 0 heterocycles. The summed E-state index contributed by atoms with van der Waals surface area (Å²) in [6.07, 6.45) is -0.0278. The topological polar surface area (TPSA) is 86.6 Å². The molecule has 0 aromatic heterocycles. The van der Waals surface area contributed by atoms with Crippen LogP contribution in [0, 0.1) is 6.92 Å². The minimum Gasteiger partial charge on any atom is -0.508 e. The van der Waals surface area contributed by atoms with E-state index in [-0.39, 0.29) is 12.2 Å². The Morgan fingerprint density at radius 1 is 1.00 bits per heavy atom. The number of carbonyl (C=O) groups is 2. The standard InChI is InChI=1S/C10H11NO4.C7H8/c12-8-4-2-1-3-7(8)5-9(13)11-6-10(14)15;1-7-5-3-2-4-6-7/h1-4,12H,5-6H2,(H,11,13)(H,14,15);2-6H,1H3. The molecule has 0 aliphatic heterocycles. The number of rotatable bonds is 4. The van der Waals surface area contributed by atoms with Gasteiger partial charge < -0.3 is 15.5 Å². The Morgan fingerprint density at radius 2 is 1.59 bits per heavy atom. The number of carboxylic acids is 1. The second-order valence-electron chi connectivity index (χ2n) is 4.63. The number of aromatic hydroxyl groups is 1. The number of phenolic OH excluding ortho intramolecular Hbond substituents is 1. The van der Waals surface area contributed by atoms with E-state index in [2.05, 4.69) is 24.4 Å². The van der Waals surface area contributed by atoms with Crippen molar-refractivity contribution in [2.24, 2.45) is 0 Å². The van der Waals surface area contributed by atoms with Gasteiger partial charge >= 0.3 is 5.97 Å². The SMILES string of the molecule is Cc1ccccc1.O=C(O)CNC(=O)Cc1ccccc1O. The minimum absolute atomic E-state index is 0.0278. The van der Waals surface area contributed by atoms with E-state index in [1.54, 1.807) is 18.2 Å². The van der Waals surface area contributed by atoms with Crippen LogP contribution in [0.3, 0.4) is 0 Å². The van der Waals surface area contributed by atoms with Crippen molar-refractivity contribution in [2.75, 3.05) is 6.54 Å². The Hall–Kier alpha value is -2.82. The summed E-state index contributed by atoms with van der Waals surface area (Å²) >= 11 is 0. The lowest BCUT2D eigenvalue weighted by molar-refractivity contribution is -0.137. The molecular formula is C17H19NO4. The fourth-order valence-corrected chi connectivity index (χ4v) is 1.60. The molecule has 1 amide bonds. The van der Waals surface area contributed by atoms with Crippen LogP contribution >= 0.6 is 0 Å². The summed E-state index contributed by atoms with van der Waals surface area (Å²) in [5.74, 6) is -1.50. The highest BCUT2D eigenvalue weighted by Crippen LogP contribution is 2.15. The maximum absolute atomic E-state index is 11.2. The van der Waals surface area contributed by atoms with Gasteiger partial charge in [-0.2, -0.15) is 0 Å². The number of aryl methyl sites for hydroxylation is 1. The first kappa shape index (κ1) is 17.2. The average molecular weight is 301 g/mol. The molecule has 0 saturated carbocycles.